The van der Waals surface area contributed by atoms with Gasteiger partial charge in [0, 0.05) is 25.2 Å². The molecule has 0 saturated heterocycles. The monoisotopic (exact) mass is 403 g/mol. The second-order valence-corrected chi connectivity index (χ2v) is 8.84. The van der Waals surface area contributed by atoms with Crippen molar-refractivity contribution >= 4 is 23.6 Å². The zero-order valence-corrected chi connectivity index (χ0v) is 18.2. The van der Waals surface area contributed by atoms with Gasteiger partial charge < -0.3 is 20.7 Å². The summed E-state index contributed by atoms with van der Waals surface area (Å²) in [5.74, 6) is -0.357. The van der Waals surface area contributed by atoms with E-state index in [1.807, 2.05) is 39.0 Å². The SMILES string of the molecule is CC(C)(C)/C=C/C(=O)NCc1ccc(NC(=O)CCNC(=O)OC(C)(C)C)cc1. The lowest BCUT2D eigenvalue weighted by atomic mass is 9.96. The van der Waals surface area contributed by atoms with Gasteiger partial charge >= 0.3 is 6.09 Å². The Hall–Kier alpha value is -2.83. The summed E-state index contributed by atoms with van der Waals surface area (Å²) in [7, 11) is 0. The van der Waals surface area contributed by atoms with Gasteiger partial charge in [0.15, 0.2) is 0 Å². The largest absolute Gasteiger partial charge is 0.444 e. The van der Waals surface area contributed by atoms with Crippen molar-refractivity contribution in [3.05, 3.63) is 42.0 Å². The minimum atomic E-state index is -0.573. The number of carbonyl (C=O) groups excluding carboxylic acids is 3. The third-order valence-electron chi connectivity index (χ3n) is 3.46. The first-order chi connectivity index (χ1) is 13.3. The van der Waals surface area contributed by atoms with E-state index in [1.165, 1.54) is 0 Å². The highest BCUT2D eigenvalue weighted by Crippen LogP contribution is 2.14. The summed E-state index contributed by atoms with van der Waals surface area (Å²) < 4.78 is 5.11. The number of carbonyl (C=O) groups is 3. The molecule has 1 aromatic rings. The van der Waals surface area contributed by atoms with Crippen molar-refractivity contribution in [2.24, 2.45) is 5.41 Å². The van der Waals surface area contributed by atoms with Crippen LogP contribution in [-0.4, -0.2) is 30.1 Å². The summed E-state index contributed by atoms with van der Waals surface area (Å²) in [5.41, 5.74) is 0.956. The number of nitrogens with one attached hydrogen (secondary N) is 3. The first kappa shape index (κ1) is 24.2. The third-order valence-corrected chi connectivity index (χ3v) is 3.46. The number of hydrogen-bond donors (Lipinski definition) is 3. The molecule has 0 fully saturated rings. The fraction of sp³-hybridized carbons (Fsp3) is 0.500. The van der Waals surface area contributed by atoms with Crippen LogP contribution in [0.15, 0.2) is 36.4 Å². The second kappa shape index (κ2) is 10.6. The van der Waals surface area contributed by atoms with Crippen LogP contribution in [0.5, 0.6) is 0 Å². The topological polar surface area (TPSA) is 96.5 Å². The zero-order valence-electron chi connectivity index (χ0n) is 18.2. The van der Waals surface area contributed by atoms with Crippen molar-refractivity contribution in [2.45, 2.75) is 60.1 Å². The summed E-state index contributed by atoms with van der Waals surface area (Å²) in [6.07, 6.45) is 2.99. The number of anilines is 1. The van der Waals surface area contributed by atoms with Gasteiger partial charge in [-0.1, -0.05) is 39.0 Å². The molecular weight excluding hydrogens is 370 g/mol. The molecule has 29 heavy (non-hydrogen) atoms. The molecule has 160 valence electrons. The number of allylic oxidation sites excluding steroid dienone is 1. The van der Waals surface area contributed by atoms with Gasteiger partial charge in [-0.25, -0.2) is 4.79 Å². The Morgan fingerprint density at radius 1 is 0.966 bits per heavy atom. The zero-order chi connectivity index (χ0) is 22.1. The molecule has 0 unspecified atom stereocenters. The Morgan fingerprint density at radius 3 is 2.14 bits per heavy atom. The summed E-state index contributed by atoms with van der Waals surface area (Å²) in [4.78, 5) is 35.3. The minimum Gasteiger partial charge on any atom is -0.444 e. The molecule has 0 aliphatic heterocycles. The summed E-state index contributed by atoms with van der Waals surface area (Å²) >= 11 is 0. The minimum absolute atomic E-state index is 0.0420. The smallest absolute Gasteiger partial charge is 0.407 e. The molecule has 0 spiro atoms. The predicted molar refractivity (Wildman–Crippen MR) is 114 cm³/mol. The summed E-state index contributed by atoms with van der Waals surface area (Å²) in [6, 6.07) is 7.21. The molecule has 0 saturated carbocycles. The van der Waals surface area contributed by atoms with Crippen molar-refractivity contribution in [3.63, 3.8) is 0 Å². The van der Waals surface area contributed by atoms with Gasteiger partial charge in [-0.2, -0.15) is 0 Å². The van der Waals surface area contributed by atoms with Crippen molar-refractivity contribution in [3.8, 4) is 0 Å². The van der Waals surface area contributed by atoms with Crippen LogP contribution < -0.4 is 16.0 Å². The van der Waals surface area contributed by atoms with Crippen LogP contribution in [0.4, 0.5) is 10.5 Å². The van der Waals surface area contributed by atoms with E-state index in [0.717, 1.165) is 5.56 Å². The van der Waals surface area contributed by atoms with E-state index >= 15 is 0 Å². The van der Waals surface area contributed by atoms with E-state index in [2.05, 4.69) is 16.0 Å². The Balaban J connectivity index is 2.36. The van der Waals surface area contributed by atoms with Crippen LogP contribution in [0.3, 0.4) is 0 Å². The molecule has 0 aliphatic rings. The molecule has 7 nitrogen and oxygen atoms in total. The first-order valence-corrected chi connectivity index (χ1v) is 9.67. The number of benzene rings is 1. The average molecular weight is 404 g/mol. The van der Waals surface area contributed by atoms with E-state index in [1.54, 1.807) is 39.0 Å². The van der Waals surface area contributed by atoms with Crippen LogP contribution in [-0.2, 0) is 20.9 Å². The normalized spacial score (nSPS) is 11.8. The number of ether oxygens (including phenoxy) is 1. The maximum Gasteiger partial charge on any atom is 0.407 e. The second-order valence-electron chi connectivity index (χ2n) is 8.84. The lowest BCUT2D eigenvalue weighted by Crippen LogP contribution is -2.34. The lowest BCUT2D eigenvalue weighted by molar-refractivity contribution is -0.117. The highest BCUT2D eigenvalue weighted by molar-refractivity contribution is 5.91. The molecule has 0 atom stereocenters. The van der Waals surface area contributed by atoms with Gasteiger partial charge in [0.25, 0.3) is 0 Å². The van der Waals surface area contributed by atoms with Crippen molar-refractivity contribution < 1.29 is 19.1 Å². The number of amides is 3. The van der Waals surface area contributed by atoms with Gasteiger partial charge in [-0.05, 0) is 50.0 Å². The molecule has 0 radical (unpaired) electrons. The molecule has 1 aromatic carbocycles. The maximum absolute atomic E-state index is 12.0. The fourth-order valence-corrected chi connectivity index (χ4v) is 2.10. The van der Waals surface area contributed by atoms with Crippen LogP contribution in [0.2, 0.25) is 0 Å². The Kier molecular flexibility index (Phi) is 8.88. The standard InChI is InChI=1S/C22H33N3O4/c1-21(2,3)13-11-18(26)24-15-16-7-9-17(10-8-16)25-19(27)12-14-23-20(28)29-22(4,5)6/h7-11,13H,12,14-15H2,1-6H3,(H,23,28)(H,24,26)(H,25,27)/b13-11+. The van der Waals surface area contributed by atoms with Crippen molar-refractivity contribution in [1.82, 2.24) is 10.6 Å². The molecule has 3 amide bonds. The molecular formula is C22H33N3O4. The summed E-state index contributed by atoms with van der Waals surface area (Å²) in [5, 5.41) is 8.13. The quantitative estimate of drug-likeness (QED) is 0.604. The first-order valence-electron chi connectivity index (χ1n) is 9.67. The van der Waals surface area contributed by atoms with Crippen molar-refractivity contribution in [2.75, 3.05) is 11.9 Å². The Bertz CT molecular complexity index is 726. The van der Waals surface area contributed by atoms with Crippen LogP contribution >= 0.6 is 0 Å². The summed E-state index contributed by atoms with van der Waals surface area (Å²) in [6.45, 7) is 12.0. The van der Waals surface area contributed by atoms with E-state index in [4.69, 9.17) is 4.74 Å². The molecule has 0 aliphatic carbocycles. The highest BCUT2D eigenvalue weighted by Gasteiger charge is 2.15. The van der Waals surface area contributed by atoms with E-state index < -0.39 is 11.7 Å². The van der Waals surface area contributed by atoms with E-state index in [0.29, 0.717) is 12.2 Å². The number of hydrogen-bond acceptors (Lipinski definition) is 4. The van der Waals surface area contributed by atoms with Crippen LogP contribution in [0.25, 0.3) is 0 Å². The average Bonchev–Trinajstić information content (AvgIpc) is 2.57. The van der Waals surface area contributed by atoms with E-state index in [9.17, 15) is 14.4 Å². The number of rotatable bonds is 7. The molecule has 3 N–H and O–H groups in total. The van der Waals surface area contributed by atoms with E-state index in [-0.39, 0.29) is 30.2 Å². The van der Waals surface area contributed by atoms with Gasteiger partial charge in [-0.15, -0.1) is 0 Å². The van der Waals surface area contributed by atoms with Crippen LogP contribution in [0, 0.1) is 5.41 Å². The Morgan fingerprint density at radius 2 is 1.59 bits per heavy atom. The molecule has 0 bridgehead atoms. The van der Waals surface area contributed by atoms with Gasteiger partial charge in [0.1, 0.15) is 5.60 Å². The third kappa shape index (κ3) is 12.3. The van der Waals surface area contributed by atoms with Gasteiger partial charge in [-0.3, -0.25) is 9.59 Å². The van der Waals surface area contributed by atoms with Crippen LogP contribution in [0.1, 0.15) is 53.5 Å². The van der Waals surface area contributed by atoms with Crippen molar-refractivity contribution in [1.29, 1.82) is 0 Å². The maximum atomic E-state index is 12.0. The predicted octanol–water partition coefficient (Wildman–Crippen LogP) is 3.76. The fourth-order valence-electron chi connectivity index (χ4n) is 2.10. The lowest BCUT2D eigenvalue weighted by Gasteiger charge is -2.19. The van der Waals surface area contributed by atoms with Gasteiger partial charge in [0.05, 0.1) is 0 Å². The molecule has 0 aromatic heterocycles. The number of alkyl carbamates (subject to hydrolysis) is 1. The highest BCUT2D eigenvalue weighted by atomic mass is 16.6. The van der Waals surface area contributed by atoms with Gasteiger partial charge in [0.2, 0.25) is 11.8 Å². The molecule has 0 heterocycles. The Labute approximate surface area is 173 Å². The molecule has 1 rings (SSSR count). The molecule has 7 heteroatoms.